The first-order chi connectivity index (χ1) is 6.18. The summed E-state index contributed by atoms with van der Waals surface area (Å²) in [4.78, 5) is 10.9. The van der Waals surface area contributed by atoms with Crippen LogP contribution in [0.25, 0.3) is 0 Å². The third kappa shape index (κ3) is 1.57. The Morgan fingerprint density at radius 2 is 1.77 bits per heavy atom. The van der Waals surface area contributed by atoms with Crippen LogP contribution in [-0.4, -0.2) is 17.1 Å². The summed E-state index contributed by atoms with van der Waals surface area (Å²) in [5.41, 5.74) is 6.05. The third-order valence-corrected chi connectivity index (χ3v) is 3.76. The molecule has 0 aliphatic heterocycles. The average molecular weight is 183 g/mol. The van der Waals surface area contributed by atoms with Gasteiger partial charge in [0.05, 0.1) is 5.92 Å². The van der Waals surface area contributed by atoms with Crippen molar-refractivity contribution in [3.63, 3.8) is 0 Å². The van der Waals surface area contributed by atoms with Crippen molar-refractivity contribution in [1.82, 2.24) is 0 Å². The smallest absolute Gasteiger partial charge is 0.306 e. The molecule has 2 unspecified atom stereocenters. The molecule has 0 heterocycles. The SMILES string of the molecule is NC1C2CCCC1CC(C(=O)O)C2. The molecule has 0 saturated heterocycles. The highest BCUT2D eigenvalue weighted by Gasteiger charge is 2.40. The van der Waals surface area contributed by atoms with Gasteiger partial charge >= 0.3 is 5.97 Å². The van der Waals surface area contributed by atoms with Crippen LogP contribution >= 0.6 is 0 Å². The molecule has 0 spiro atoms. The van der Waals surface area contributed by atoms with Crippen LogP contribution in [0.1, 0.15) is 32.1 Å². The Kier molecular flexibility index (Phi) is 2.28. The van der Waals surface area contributed by atoms with E-state index in [0.29, 0.717) is 11.8 Å². The Morgan fingerprint density at radius 1 is 1.23 bits per heavy atom. The molecule has 0 amide bonds. The van der Waals surface area contributed by atoms with Gasteiger partial charge in [0.25, 0.3) is 0 Å². The van der Waals surface area contributed by atoms with E-state index in [1.54, 1.807) is 0 Å². The number of rotatable bonds is 1. The van der Waals surface area contributed by atoms with Gasteiger partial charge in [0.15, 0.2) is 0 Å². The molecule has 2 bridgehead atoms. The fourth-order valence-corrected chi connectivity index (χ4v) is 2.99. The number of carboxylic acids is 1. The van der Waals surface area contributed by atoms with Crippen LogP contribution in [0.15, 0.2) is 0 Å². The Morgan fingerprint density at radius 3 is 2.23 bits per heavy atom. The summed E-state index contributed by atoms with van der Waals surface area (Å²) in [5.74, 6) is 0.223. The van der Waals surface area contributed by atoms with E-state index in [0.717, 1.165) is 25.7 Å². The molecule has 0 aromatic rings. The highest BCUT2D eigenvalue weighted by molar-refractivity contribution is 5.70. The van der Waals surface area contributed by atoms with E-state index < -0.39 is 5.97 Å². The van der Waals surface area contributed by atoms with Gasteiger partial charge in [0.2, 0.25) is 0 Å². The summed E-state index contributed by atoms with van der Waals surface area (Å²) in [7, 11) is 0. The van der Waals surface area contributed by atoms with E-state index in [2.05, 4.69) is 0 Å². The molecule has 13 heavy (non-hydrogen) atoms. The van der Waals surface area contributed by atoms with Crippen LogP contribution in [-0.2, 0) is 4.79 Å². The topological polar surface area (TPSA) is 63.3 Å². The van der Waals surface area contributed by atoms with E-state index in [-0.39, 0.29) is 12.0 Å². The number of fused-ring (bicyclic) bond motifs is 2. The Bertz CT molecular complexity index is 203. The van der Waals surface area contributed by atoms with Gasteiger partial charge in [-0.15, -0.1) is 0 Å². The summed E-state index contributed by atoms with van der Waals surface area (Å²) < 4.78 is 0. The first kappa shape index (κ1) is 9.00. The summed E-state index contributed by atoms with van der Waals surface area (Å²) >= 11 is 0. The van der Waals surface area contributed by atoms with Gasteiger partial charge in [-0.3, -0.25) is 4.79 Å². The minimum absolute atomic E-state index is 0.116. The molecule has 74 valence electrons. The molecule has 0 radical (unpaired) electrons. The molecule has 2 fully saturated rings. The molecule has 3 heteroatoms. The normalized spacial score (nSPS) is 44.4. The number of hydrogen-bond donors (Lipinski definition) is 2. The second-order valence-electron chi connectivity index (χ2n) is 4.53. The van der Waals surface area contributed by atoms with Crippen LogP contribution in [0, 0.1) is 17.8 Å². The summed E-state index contributed by atoms with van der Waals surface area (Å²) in [6.45, 7) is 0. The summed E-state index contributed by atoms with van der Waals surface area (Å²) in [6.07, 6.45) is 5.15. The number of carbonyl (C=O) groups is 1. The standard InChI is InChI=1S/C10H17NO2/c11-9-6-2-1-3-7(9)5-8(4-6)10(12)13/h6-9H,1-5,11H2,(H,12,13). The van der Waals surface area contributed by atoms with Gasteiger partial charge in [-0.2, -0.15) is 0 Å². The van der Waals surface area contributed by atoms with E-state index in [9.17, 15) is 4.79 Å². The molecule has 0 aromatic heterocycles. The van der Waals surface area contributed by atoms with Crippen LogP contribution < -0.4 is 5.73 Å². The van der Waals surface area contributed by atoms with Crippen molar-refractivity contribution in [3.05, 3.63) is 0 Å². The van der Waals surface area contributed by atoms with Crippen LogP contribution in [0.5, 0.6) is 0 Å². The quantitative estimate of drug-likeness (QED) is 0.642. The number of nitrogens with two attached hydrogens (primary N) is 1. The van der Waals surface area contributed by atoms with Crippen molar-refractivity contribution in [2.75, 3.05) is 0 Å². The molecule has 3 nitrogen and oxygen atoms in total. The average Bonchev–Trinajstić information content (AvgIpc) is 2.02. The van der Waals surface area contributed by atoms with Gasteiger partial charge < -0.3 is 10.8 Å². The molecular formula is C10H17NO2. The van der Waals surface area contributed by atoms with Crippen molar-refractivity contribution in [1.29, 1.82) is 0 Å². The maximum atomic E-state index is 10.9. The van der Waals surface area contributed by atoms with Crippen molar-refractivity contribution in [3.8, 4) is 0 Å². The predicted molar refractivity (Wildman–Crippen MR) is 49.2 cm³/mol. The predicted octanol–water partition coefficient (Wildman–Crippen LogP) is 1.22. The van der Waals surface area contributed by atoms with Crippen molar-refractivity contribution in [2.45, 2.75) is 38.1 Å². The molecule has 2 saturated carbocycles. The first-order valence-electron chi connectivity index (χ1n) is 5.17. The molecule has 2 aliphatic rings. The molecule has 2 atom stereocenters. The van der Waals surface area contributed by atoms with Crippen LogP contribution in [0.3, 0.4) is 0 Å². The van der Waals surface area contributed by atoms with Crippen LogP contribution in [0.2, 0.25) is 0 Å². The highest BCUT2D eigenvalue weighted by atomic mass is 16.4. The highest BCUT2D eigenvalue weighted by Crippen LogP contribution is 2.41. The molecule has 0 aromatic carbocycles. The minimum atomic E-state index is -0.621. The Hall–Kier alpha value is -0.570. The van der Waals surface area contributed by atoms with E-state index in [1.165, 1.54) is 6.42 Å². The second kappa shape index (κ2) is 3.29. The lowest BCUT2D eigenvalue weighted by Gasteiger charge is -2.42. The number of hydrogen-bond acceptors (Lipinski definition) is 2. The molecule has 3 N–H and O–H groups in total. The van der Waals surface area contributed by atoms with Crippen molar-refractivity contribution in [2.24, 2.45) is 23.5 Å². The van der Waals surface area contributed by atoms with Gasteiger partial charge in [-0.1, -0.05) is 6.42 Å². The van der Waals surface area contributed by atoms with Gasteiger partial charge in [-0.25, -0.2) is 0 Å². The Balaban J connectivity index is 2.07. The van der Waals surface area contributed by atoms with Crippen molar-refractivity contribution >= 4 is 5.97 Å². The van der Waals surface area contributed by atoms with Gasteiger partial charge in [0, 0.05) is 6.04 Å². The van der Waals surface area contributed by atoms with Gasteiger partial charge in [-0.05, 0) is 37.5 Å². The summed E-state index contributed by atoms with van der Waals surface area (Å²) in [5, 5.41) is 8.94. The van der Waals surface area contributed by atoms with Crippen LogP contribution in [0.4, 0.5) is 0 Å². The van der Waals surface area contributed by atoms with Crippen molar-refractivity contribution < 1.29 is 9.90 Å². The molecule has 2 aliphatic carbocycles. The second-order valence-corrected chi connectivity index (χ2v) is 4.53. The zero-order chi connectivity index (χ0) is 9.42. The first-order valence-corrected chi connectivity index (χ1v) is 5.17. The maximum Gasteiger partial charge on any atom is 0.306 e. The Labute approximate surface area is 78.3 Å². The monoisotopic (exact) mass is 183 g/mol. The maximum absolute atomic E-state index is 10.9. The fraction of sp³-hybridized carbons (Fsp3) is 0.900. The minimum Gasteiger partial charge on any atom is -0.481 e. The van der Waals surface area contributed by atoms with E-state index in [4.69, 9.17) is 10.8 Å². The zero-order valence-corrected chi connectivity index (χ0v) is 7.78. The lowest BCUT2D eigenvalue weighted by Crippen LogP contribution is -2.47. The van der Waals surface area contributed by atoms with E-state index >= 15 is 0 Å². The molecular weight excluding hydrogens is 166 g/mol. The third-order valence-electron chi connectivity index (χ3n) is 3.76. The summed E-state index contributed by atoms with van der Waals surface area (Å²) in [6, 6.07) is 0.282. The largest absolute Gasteiger partial charge is 0.481 e. The lowest BCUT2D eigenvalue weighted by molar-refractivity contribution is -0.144. The number of carboxylic acid groups (broad SMARTS) is 1. The van der Waals surface area contributed by atoms with Gasteiger partial charge in [0.1, 0.15) is 0 Å². The number of aliphatic carboxylic acids is 1. The fourth-order valence-electron chi connectivity index (χ4n) is 2.99. The zero-order valence-electron chi connectivity index (χ0n) is 7.78. The molecule has 2 rings (SSSR count). The lowest BCUT2D eigenvalue weighted by atomic mass is 9.65. The van der Waals surface area contributed by atoms with E-state index in [1.807, 2.05) is 0 Å².